The van der Waals surface area contributed by atoms with Gasteiger partial charge >= 0.3 is 5.97 Å². The number of nitrogens with zero attached hydrogens (tertiary/aromatic N) is 2. The zero-order chi connectivity index (χ0) is 18.5. The number of hydrogen-bond acceptors (Lipinski definition) is 4. The molecule has 0 fully saturated rings. The fourth-order valence-corrected chi connectivity index (χ4v) is 2.11. The molecule has 0 bridgehead atoms. The van der Waals surface area contributed by atoms with Gasteiger partial charge in [-0.3, -0.25) is 9.69 Å². The van der Waals surface area contributed by atoms with Gasteiger partial charge in [0.2, 0.25) is 5.91 Å². The Hall–Kier alpha value is -2.87. The van der Waals surface area contributed by atoms with E-state index >= 15 is 0 Å². The number of esters is 1. The number of para-hydroxylation sites is 1. The second-order valence-corrected chi connectivity index (χ2v) is 5.45. The number of hydrogen-bond donors (Lipinski definition) is 0. The maximum atomic E-state index is 11.9. The molecule has 5 heteroatoms. The summed E-state index contributed by atoms with van der Waals surface area (Å²) in [5, 5.41) is 9.10. The van der Waals surface area contributed by atoms with Gasteiger partial charge in [-0.25, -0.2) is 4.79 Å². The minimum Gasteiger partial charge on any atom is -0.462 e. The summed E-state index contributed by atoms with van der Waals surface area (Å²) in [4.78, 5) is 25.0. The Morgan fingerprint density at radius 2 is 1.92 bits per heavy atom. The second-order valence-electron chi connectivity index (χ2n) is 5.45. The molecule has 0 aromatic heterocycles. The third-order valence-corrected chi connectivity index (χ3v) is 3.44. The summed E-state index contributed by atoms with van der Waals surface area (Å²) in [5.74, 6) is -0.814. The van der Waals surface area contributed by atoms with Crippen LogP contribution in [0.1, 0.15) is 39.5 Å². The number of amides is 1. The maximum absolute atomic E-state index is 11.9. The summed E-state index contributed by atoms with van der Waals surface area (Å²) < 4.78 is 5.09. The van der Waals surface area contributed by atoms with Crippen molar-refractivity contribution in [2.24, 2.45) is 0 Å². The molecular weight excluding hydrogens is 316 g/mol. The van der Waals surface area contributed by atoms with Gasteiger partial charge in [0.1, 0.15) is 11.6 Å². The molecule has 0 atom stereocenters. The first-order chi connectivity index (χ1) is 12.1. The van der Waals surface area contributed by atoms with Gasteiger partial charge < -0.3 is 4.74 Å². The van der Waals surface area contributed by atoms with Crippen molar-refractivity contribution in [1.82, 2.24) is 0 Å². The quantitative estimate of drug-likeness (QED) is 0.223. The van der Waals surface area contributed by atoms with Crippen LogP contribution in [0.15, 0.2) is 54.3 Å². The third-order valence-electron chi connectivity index (χ3n) is 3.44. The zero-order valence-electron chi connectivity index (χ0n) is 14.8. The van der Waals surface area contributed by atoms with Crippen LogP contribution in [0.3, 0.4) is 0 Å². The lowest BCUT2D eigenvalue weighted by Gasteiger charge is -2.15. The Morgan fingerprint density at radius 1 is 1.20 bits per heavy atom. The molecule has 0 N–H and O–H groups in total. The lowest BCUT2D eigenvalue weighted by atomic mass is 10.2. The Kier molecular flexibility index (Phi) is 9.39. The number of unbranched alkanes of at least 4 members (excludes halogenated alkanes) is 3. The SMILES string of the molecule is CCCCCCOC(=O)/C(C#N)=C/C=C/N(C(C)=O)c1ccccc1. The summed E-state index contributed by atoms with van der Waals surface area (Å²) in [5.41, 5.74) is 0.611. The predicted molar refractivity (Wildman–Crippen MR) is 97.5 cm³/mol. The largest absolute Gasteiger partial charge is 0.462 e. The highest BCUT2D eigenvalue weighted by Gasteiger charge is 2.10. The first-order valence-corrected chi connectivity index (χ1v) is 8.40. The van der Waals surface area contributed by atoms with Gasteiger partial charge in [0.15, 0.2) is 0 Å². The monoisotopic (exact) mass is 340 g/mol. The van der Waals surface area contributed by atoms with Gasteiger partial charge in [-0.1, -0.05) is 44.4 Å². The molecule has 1 aromatic carbocycles. The number of carbonyl (C=O) groups excluding carboxylic acids is 2. The molecule has 0 heterocycles. The number of rotatable bonds is 9. The van der Waals surface area contributed by atoms with E-state index in [9.17, 15) is 9.59 Å². The Bertz CT molecular complexity index is 657. The van der Waals surface area contributed by atoms with E-state index in [4.69, 9.17) is 10.00 Å². The lowest BCUT2D eigenvalue weighted by Crippen LogP contribution is -2.21. The van der Waals surface area contributed by atoms with Crippen LogP contribution in [0.5, 0.6) is 0 Å². The van der Waals surface area contributed by atoms with E-state index in [1.54, 1.807) is 12.1 Å². The maximum Gasteiger partial charge on any atom is 0.348 e. The lowest BCUT2D eigenvalue weighted by molar-refractivity contribution is -0.138. The van der Waals surface area contributed by atoms with Crippen LogP contribution in [-0.2, 0) is 14.3 Å². The van der Waals surface area contributed by atoms with Crippen molar-refractivity contribution in [1.29, 1.82) is 5.26 Å². The molecule has 5 nitrogen and oxygen atoms in total. The Balaban J connectivity index is 2.68. The molecule has 0 aliphatic rings. The van der Waals surface area contributed by atoms with Crippen molar-refractivity contribution in [3.8, 4) is 6.07 Å². The predicted octanol–water partition coefficient (Wildman–Crippen LogP) is 4.13. The highest BCUT2D eigenvalue weighted by Crippen LogP contribution is 2.14. The molecular formula is C20H24N2O3. The minimum absolute atomic E-state index is 0.0942. The molecule has 0 unspecified atom stereocenters. The van der Waals surface area contributed by atoms with Crippen molar-refractivity contribution in [2.75, 3.05) is 11.5 Å². The van der Waals surface area contributed by atoms with E-state index in [0.29, 0.717) is 12.3 Å². The van der Waals surface area contributed by atoms with Crippen LogP contribution >= 0.6 is 0 Å². The summed E-state index contributed by atoms with van der Waals surface area (Å²) >= 11 is 0. The van der Waals surface area contributed by atoms with Crippen molar-refractivity contribution >= 4 is 17.6 Å². The molecule has 0 spiro atoms. The van der Waals surface area contributed by atoms with Crippen LogP contribution in [0.2, 0.25) is 0 Å². The molecule has 1 aromatic rings. The molecule has 132 valence electrons. The van der Waals surface area contributed by atoms with Crippen molar-refractivity contribution in [3.63, 3.8) is 0 Å². The Morgan fingerprint density at radius 3 is 2.52 bits per heavy atom. The van der Waals surface area contributed by atoms with Gasteiger partial charge in [0.05, 0.1) is 6.61 Å². The van der Waals surface area contributed by atoms with Crippen molar-refractivity contribution < 1.29 is 14.3 Å². The average Bonchev–Trinajstić information content (AvgIpc) is 2.62. The first kappa shape index (κ1) is 20.2. The smallest absolute Gasteiger partial charge is 0.348 e. The highest BCUT2D eigenvalue weighted by molar-refractivity contribution is 5.94. The normalized spacial score (nSPS) is 11.2. The van der Waals surface area contributed by atoms with Crippen LogP contribution in [0.25, 0.3) is 0 Å². The fraction of sp³-hybridized carbons (Fsp3) is 0.350. The fourth-order valence-electron chi connectivity index (χ4n) is 2.11. The second kappa shape index (κ2) is 11.6. The van der Waals surface area contributed by atoms with E-state index in [2.05, 4.69) is 6.92 Å². The molecule has 1 rings (SSSR count). The summed E-state index contributed by atoms with van der Waals surface area (Å²) in [6, 6.07) is 10.9. The topological polar surface area (TPSA) is 70.4 Å². The van der Waals surface area contributed by atoms with Crippen molar-refractivity contribution in [3.05, 3.63) is 54.3 Å². The van der Waals surface area contributed by atoms with E-state index in [0.717, 1.165) is 25.7 Å². The molecule has 0 saturated carbocycles. The van der Waals surface area contributed by atoms with E-state index in [1.807, 2.05) is 24.3 Å². The van der Waals surface area contributed by atoms with Gasteiger partial charge in [-0.15, -0.1) is 0 Å². The number of nitriles is 1. The van der Waals surface area contributed by atoms with E-state index in [-0.39, 0.29) is 11.5 Å². The average molecular weight is 340 g/mol. The van der Waals surface area contributed by atoms with Crippen molar-refractivity contribution in [2.45, 2.75) is 39.5 Å². The highest BCUT2D eigenvalue weighted by atomic mass is 16.5. The molecule has 0 aliphatic carbocycles. The van der Waals surface area contributed by atoms with Crippen LogP contribution in [0, 0.1) is 11.3 Å². The van der Waals surface area contributed by atoms with Gasteiger partial charge in [0, 0.05) is 18.8 Å². The minimum atomic E-state index is -0.641. The number of ether oxygens (including phenoxy) is 1. The number of allylic oxidation sites excluding steroid dienone is 2. The van der Waals surface area contributed by atoms with Gasteiger partial charge in [0.25, 0.3) is 0 Å². The van der Waals surface area contributed by atoms with Crippen LogP contribution in [0.4, 0.5) is 5.69 Å². The van der Waals surface area contributed by atoms with Gasteiger partial charge in [-0.05, 0) is 30.7 Å². The molecule has 25 heavy (non-hydrogen) atoms. The van der Waals surface area contributed by atoms with Gasteiger partial charge in [-0.2, -0.15) is 5.26 Å². The summed E-state index contributed by atoms with van der Waals surface area (Å²) in [6.07, 6.45) is 8.36. The number of carbonyl (C=O) groups is 2. The van der Waals surface area contributed by atoms with E-state index in [1.165, 1.54) is 30.2 Å². The van der Waals surface area contributed by atoms with Crippen LogP contribution < -0.4 is 4.90 Å². The molecule has 0 saturated heterocycles. The summed E-state index contributed by atoms with van der Waals surface area (Å²) in [6.45, 7) is 3.86. The summed E-state index contributed by atoms with van der Waals surface area (Å²) in [7, 11) is 0. The molecule has 0 aliphatic heterocycles. The van der Waals surface area contributed by atoms with E-state index < -0.39 is 5.97 Å². The standard InChI is InChI=1S/C20H24N2O3/c1-3-4-5-9-15-25-20(24)18(16-21)11-10-14-22(17(2)23)19-12-7-6-8-13-19/h6-8,10-14H,3-5,9,15H2,1-2H3/b14-10+,18-11+. The zero-order valence-corrected chi connectivity index (χ0v) is 14.8. The van der Waals surface area contributed by atoms with Crippen LogP contribution in [-0.4, -0.2) is 18.5 Å². The number of anilines is 1. The number of benzene rings is 1. The first-order valence-electron chi connectivity index (χ1n) is 8.40. The Labute approximate surface area is 149 Å². The third kappa shape index (κ3) is 7.49. The molecule has 0 radical (unpaired) electrons. The molecule has 1 amide bonds.